The number of carbonyl (C=O) groups is 2. The van der Waals surface area contributed by atoms with Crippen molar-refractivity contribution in [2.24, 2.45) is 11.8 Å². The van der Waals surface area contributed by atoms with E-state index in [2.05, 4.69) is 22.5 Å². The van der Waals surface area contributed by atoms with Crippen LogP contribution in [0.15, 0.2) is 0 Å². The van der Waals surface area contributed by atoms with Gasteiger partial charge >= 0.3 is 6.03 Å². The first-order chi connectivity index (χ1) is 12.0. The summed E-state index contributed by atoms with van der Waals surface area (Å²) in [5.41, 5.74) is 0. The van der Waals surface area contributed by atoms with Crippen LogP contribution in [-0.2, 0) is 4.79 Å². The van der Waals surface area contributed by atoms with Crippen LogP contribution in [0.1, 0.15) is 52.9 Å². The van der Waals surface area contributed by atoms with Crippen LogP contribution in [0.5, 0.6) is 0 Å². The molecule has 6 heteroatoms. The summed E-state index contributed by atoms with van der Waals surface area (Å²) < 4.78 is 0. The van der Waals surface area contributed by atoms with Gasteiger partial charge in [0.25, 0.3) is 0 Å². The first kappa shape index (κ1) is 20.0. The molecular formula is C19H36N4O2. The van der Waals surface area contributed by atoms with E-state index in [0.717, 1.165) is 39.0 Å². The molecule has 2 rings (SSSR count). The molecule has 3 amide bonds. The molecule has 0 aromatic carbocycles. The van der Waals surface area contributed by atoms with E-state index in [1.54, 1.807) is 0 Å². The smallest absolute Gasteiger partial charge is 0.317 e. The lowest BCUT2D eigenvalue weighted by Crippen LogP contribution is -2.50. The fourth-order valence-electron chi connectivity index (χ4n) is 4.00. The normalized spacial score (nSPS) is 24.6. The summed E-state index contributed by atoms with van der Waals surface area (Å²) in [4.78, 5) is 28.8. The third-order valence-corrected chi connectivity index (χ3v) is 5.51. The summed E-state index contributed by atoms with van der Waals surface area (Å²) in [6.45, 7) is 11.7. The van der Waals surface area contributed by atoms with Crippen molar-refractivity contribution in [1.29, 1.82) is 0 Å². The molecule has 2 aliphatic heterocycles. The van der Waals surface area contributed by atoms with Crippen molar-refractivity contribution in [2.45, 2.75) is 58.9 Å². The van der Waals surface area contributed by atoms with E-state index in [1.165, 1.54) is 25.9 Å². The van der Waals surface area contributed by atoms with Crippen LogP contribution in [0.25, 0.3) is 0 Å². The van der Waals surface area contributed by atoms with Gasteiger partial charge in [-0.05, 0) is 58.0 Å². The summed E-state index contributed by atoms with van der Waals surface area (Å²) >= 11 is 0. The Morgan fingerprint density at radius 2 is 1.84 bits per heavy atom. The number of piperidine rings is 1. The van der Waals surface area contributed by atoms with Crippen molar-refractivity contribution < 1.29 is 9.59 Å². The van der Waals surface area contributed by atoms with Gasteiger partial charge in [-0.2, -0.15) is 0 Å². The molecule has 2 saturated heterocycles. The Labute approximate surface area is 152 Å². The number of urea groups is 1. The number of amides is 3. The molecule has 0 aromatic rings. The average Bonchev–Trinajstić information content (AvgIpc) is 3.08. The maximum Gasteiger partial charge on any atom is 0.317 e. The molecule has 2 fully saturated rings. The molecule has 0 bridgehead atoms. The molecule has 25 heavy (non-hydrogen) atoms. The zero-order chi connectivity index (χ0) is 18.2. The van der Waals surface area contributed by atoms with E-state index in [-0.39, 0.29) is 18.0 Å². The lowest BCUT2D eigenvalue weighted by atomic mass is 9.81. The fourth-order valence-corrected chi connectivity index (χ4v) is 4.00. The molecule has 2 aliphatic rings. The van der Waals surface area contributed by atoms with E-state index >= 15 is 0 Å². The summed E-state index contributed by atoms with van der Waals surface area (Å²) in [6, 6.07) is 0.189. The first-order valence-electron chi connectivity index (χ1n) is 10.0. The largest absolute Gasteiger partial charge is 0.355 e. The van der Waals surface area contributed by atoms with E-state index in [9.17, 15) is 9.59 Å². The molecule has 0 aliphatic carbocycles. The molecule has 0 radical (unpaired) electrons. The average molecular weight is 353 g/mol. The minimum absolute atomic E-state index is 0.0296. The Morgan fingerprint density at radius 3 is 2.48 bits per heavy atom. The number of carbonyl (C=O) groups excluding carboxylic acids is 2. The van der Waals surface area contributed by atoms with Crippen molar-refractivity contribution >= 4 is 11.9 Å². The van der Waals surface area contributed by atoms with Gasteiger partial charge in [0.2, 0.25) is 5.91 Å². The fraction of sp³-hybridized carbons (Fsp3) is 0.895. The number of nitrogens with zero attached hydrogens (tertiary/aromatic N) is 2. The Bertz CT molecular complexity index is 435. The van der Waals surface area contributed by atoms with E-state index < -0.39 is 0 Å². The second kappa shape index (κ2) is 10.00. The third kappa shape index (κ3) is 6.49. The highest BCUT2D eigenvalue weighted by atomic mass is 16.2. The predicted octanol–water partition coefficient (Wildman–Crippen LogP) is 2.05. The lowest BCUT2D eigenvalue weighted by molar-refractivity contribution is -0.122. The summed E-state index contributed by atoms with van der Waals surface area (Å²) in [7, 11) is 0. The summed E-state index contributed by atoms with van der Waals surface area (Å²) in [5.74, 6) is 0.971. The van der Waals surface area contributed by atoms with E-state index in [1.807, 2.05) is 18.7 Å². The zero-order valence-corrected chi connectivity index (χ0v) is 16.2. The molecule has 2 heterocycles. The van der Waals surface area contributed by atoms with Gasteiger partial charge in [0.15, 0.2) is 0 Å². The van der Waals surface area contributed by atoms with Crippen LogP contribution in [0.2, 0.25) is 0 Å². The molecule has 144 valence electrons. The maximum absolute atomic E-state index is 12.3. The molecular weight excluding hydrogens is 316 g/mol. The van der Waals surface area contributed by atoms with Gasteiger partial charge in [0.05, 0.1) is 0 Å². The van der Waals surface area contributed by atoms with Crippen LogP contribution >= 0.6 is 0 Å². The van der Waals surface area contributed by atoms with Crippen molar-refractivity contribution in [1.82, 2.24) is 20.4 Å². The number of rotatable bonds is 7. The lowest BCUT2D eigenvalue weighted by Gasteiger charge is -2.38. The van der Waals surface area contributed by atoms with Crippen molar-refractivity contribution in [3.8, 4) is 0 Å². The van der Waals surface area contributed by atoms with Crippen molar-refractivity contribution in [3.05, 3.63) is 0 Å². The van der Waals surface area contributed by atoms with Gasteiger partial charge in [-0.25, -0.2) is 4.79 Å². The van der Waals surface area contributed by atoms with Crippen LogP contribution in [0.3, 0.4) is 0 Å². The Morgan fingerprint density at radius 1 is 1.12 bits per heavy atom. The molecule has 0 spiro atoms. The van der Waals surface area contributed by atoms with Crippen molar-refractivity contribution in [2.75, 3.05) is 39.3 Å². The third-order valence-electron chi connectivity index (χ3n) is 5.51. The number of likely N-dealkylation sites (tertiary alicyclic amines) is 2. The molecule has 2 atom stereocenters. The molecule has 2 N–H and O–H groups in total. The minimum atomic E-state index is 0.0296. The quantitative estimate of drug-likeness (QED) is 0.737. The number of hydrogen-bond acceptors (Lipinski definition) is 3. The monoisotopic (exact) mass is 352 g/mol. The van der Waals surface area contributed by atoms with Crippen LogP contribution in [0.4, 0.5) is 4.79 Å². The van der Waals surface area contributed by atoms with Crippen LogP contribution in [-0.4, -0.2) is 67.0 Å². The highest BCUT2D eigenvalue weighted by Crippen LogP contribution is 2.29. The molecule has 6 nitrogen and oxygen atoms in total. The van der Waals surface area contributed by atoms with Gasteiger partial charge < -0.3 is 20.4 Å². The van der Waals surface area contributed by atoms with Gasteiger partial charge in [-0.3, -0.25) is 4.79 Å². The highest BCUT2D eigenvalue weighted by molar-refractivity contribution is 5.76. The minimum Gasteiger partial charge on any atom is -0.355 e. The Balaban J connectivity index is 1.71. The summed E-state index contributed by atoms with van der Waals surface area (Å²) in [5, 5.41) is 6.06. The predicted molar refractivity (Wildman–Crippen MR) is 100 cm³/mol. The van der Waals surface area contributed by atoms with Crippen LogP contribution in [0, 0.1) is 11.8 Å². The van der Waals surface area contributed by atoms with E-state index in [4.69, 9.17) is 0 Å². The van der Waals surface area contributed by atoms with Gasteiger partial charge in [-0.15, -0.1) is 0 Å². The van der Waals surface area contributed by atoms with Crippen LogP contribution < -0.4 is 10.6 Å². The topological polar surface area (TPSA) is 64.7 Å². The highest BCUT2D eigenvalue weighted by Gasteiger charge is 2.31. The van der Waals surface area contributed by atoms with Crippen molar-refractivity contribution in [3.63, 3.8) is 0 Å². The first-order valence-corrected chi connectivity index (χ1v) is 10.0. The standard InChI is InChI=1S/C19H36N4O2/c1-4-16-14-23(19(25)21-15(2)3)11-7-17(16)13-18(24)20-8-12-22-9-5-6-10-22/h15-17H,4-14H2,1-3H3,(H,20,24)(H,21,25)/t16-,17-/m0/s1. The second-order valence-electron chi connectivity index (χ2n) is 7.87. The number of hydrogen-bond donors (Lipinski definition) is 2. The zero-order valence-electron chi connectivity index (χ0n) is 16.2. The maximum atomic E-state index is 12.3. The molecule has 0 aromatic heterocycles. The second-order valence-corrected chi connectivity index (χ2v) is 7.87. The molecule has 0 unspecified atom stereocenters. The molecule has 0 saturated carbocycles. The number of nitrogens with one attached hydrogen (secondary N) is 2. The van der Waals surface area contributed by atoms with E-state index in [0.29, 0.717) is 18.3 Å². The van der Waals surface area contributed by atoms with Gasteiger partial charge in [-0.1, -0.05) is 13.3 Å². The Hall–Kier alpha value is -1.30. The SMILES string of the molecule is CC[C@H]1CN(C(=O)NC(C)C)CC[C@H]1CC(=O)NCCN1CCCC1. The van der Waals surface area contributed by atoms with Gasteiger partial charge in [0.1, 0.15) is 0 Å². The Kier molecular flexibility index (Phi) is 8.00. The summed E-state index contributed by atoms with van der Waals surface area (Å²) in [6.07, 6.45) is 5.10. The van der Waals surface area contributed by atoms with Gasteiger partial charge in [0, 0.05) is 38.6 Å².